The number of rotatable bonds is 8. The summed E-state index contributed by atoms with van der Waals surface area (Å²) >= 11 is 0. The molecular weight excluding hydrogens is 568 g/mol. The molecule has 2 aliphatic rings. The normalized spacial score (nSPS) is 19.4. The number of morpholine rings is 1. The Balaban J connectivity index is 1.44. The van der Waals surface area contributed by atoms with Crippen molar-refractivity contribution in [3.63, 3.8) is 0 Å². The summed E-state index contributed by atoms with van der Waals surface area (Å²) in [6, 6.07) is 4.14. The highest BCUT2D eigenvalue weighted by Crippen LogP contribution is 2.34. The molecule has 8 nitrogen and oxygen atoms in total. The second kappa shape index (κ2) is 11.9. The SMILES string of the molecule is O=C(C[C@H](NS(=O)(=O)c1cccc(C(F)(F)F)c1)C(F)(F)F)N[C@@H]1CCOc2cc(CN3CCOCC3)ccc21. The van der Waals surface area contributed by atoms with E-state index in [1.165, 1.54) is 4.72 Å². The smallest absolute Gasteiger partial charge is 0.416 e. The molecule has 2 N–H and O–H groups in total. The molecule has 0 spiro atoms. The minimum Gasteiger partial charge on any atom is -0.493 e. The van der Waals surface area contributed by atoms with Crippen LogP contribution >= 0.6 is 0 Å². The third-order valence-corrected chi connectivity index (χ3v) is 7.99. The maximum Gasteiger partial charge on any atom is 0.416 e. The van der Waals surface area contributed by atoms with Crippen LogP contribution in [0.4, 0.5) is 26.3 Å². The molecule has 0 saturated carbocycles. The van der Waals surface area contributed by atoms with E-state index in [9.17, 15) is 39.6 Å². The Morgan fingerprint density at radius 3 is 2.42 bits per heavy atom. The lowest BCUT2D eigenvalue weighted by atomic mass is 9.98. The molecule has 2 aromatic carbocycles. The van der Waals surface area contributed by atoms with Crippen LogP contribution in [0.25, 0.3) is 0 Å². The van der Waals surface area contributed by atoms with Crippen molar-refractivity contribution in [1.82, 2.24) is 14.9 Å². The number of ether oxygens (including phenoxy) is 2. The Hall–Kier alpha value is -2.88. The van der Waals surface area contributed by atoms with Crippen LogP contribution in [0.2, 0.25) is 0 Å². The van der Waals surface area contributed by atoms with Crippen LogP contribution in [0.3, 0.4) is 0 Å². The van der Waals surface area contributed by atoms with Gasteiger partial charge in [0.15, 0.2) is 0 Å². The van der Waals surface area contributed by atoms with Crippen LogP contribution < -0.4 is 14.8 Å². The molecular formula is C25H27F6N3O5S. The van der Waals surface area contributed by atoms with Crippen LogP contribution in [0.15, 0.2) is 47.4 Å². The van der Waals surface area contributed by atoms with Gasteiger partial charge < -0.3 is 14.8 Å². The largest absolute Gasteiger partial charge is 0.493 e. The fourth-order valence-electron chi connectivity index (χ4n) is 4.46. The van der Waals surface area contributed by atoms with Crippen molar-refractivity contribution in [1.29, 1.82) is 0 Å². The van der Waals surface area contributed by atoms with Crippen molar-refractivity contribution in [3.8, 4) is 5.75 Å². The highest BCUT2D eigenvalue weighted by Gasteiger charge is 2.44. The highest BCUT2D eigenvalue weighted by molar-refractivity contribution is 7.89. The number of carbonyl (C=O) groups excluding carboxylic acids is 1. The average Bonchev–Trinajstić information content (AvgIpc) is 2.88. The Morgan fingerprint density at radius 2 is 1.75 bits per heavy atom. The number of benzene rings is 2. The van der Waals surface area contributed by atoms with Gasteiger partial charge in [0.05, 0.1) is 42.7 Å². The van der Waals surface area contributed by atoms with Gasteiger partial charge in [-0.25, -0.2) is 8.42 Å². The average molecular weight is 596 g/mol. The van der Waals surface area contributed by atoms with E-state index in [1.54, 1.807) is 6.07 Å². The Kier molecular flexibility index (Phi) is 8.97. The summed E-state index contributed by atoms with van der Waals surface area (Å²) < 4.78 is 118. The number of alkyl halides is 6. The summed E-state index contributed by atoms with van der Waals surface area (Å²) in [4.78, 5) is 13.9. The van der Waals surface area contributed by atoms with Crippen molar-refractivity contribution in [2.45, 2.75) is 48.7 Å². The molecule has 2 heterocycles. The predicted octanol–water partition coefficient (Wildman–Crippen LogP) is 3.78. The number of sulfonamides is 1. The van der Waals surface area contributed by atoms with Gasteiger partial charge in [-0.3, -0.25) is 9.69 Å². The first-order chi connectivity index (χ1) is 18.7. The molecule has 0 aliphatic carbocycles. The first kappa shape index (κ1) is 30.1. The summed E-state index contributed by atoms with van der Waals surface area (Å²) in [7, 11) is -5.05. The highest BCUT2D eigenvalue weighted by atomic mass is 32.2. The van der Waals surface area contributed by atoms with Crippen LogP contribution in [-0.2, 0) is 32.3 Å². The molecule has 15 heteroatoms. The molecule has 1 saturated heterocycles. The van der Waals surface area contributed by atoms with Crippen molar-refractivity contribution < 1.29 is 49.0 Å². The number of nitrogens with zero attached hydrogens (tertiary/aromatic N) is 1. The van der Waals surface area contributed by atoms with Crippen molar-refractivity contribution in [2.75, 3.05) is 32.9 Å². The van der Waals surface area contributed by atoms with Gasteiger partial charge in [-0.2, -0.15) is 31.1 Å². The first-order valence-electron chi connectivity index (χ1n) is 12.3. The second-order valence-corrected chi connectivity index (χ2v) is 11.2. The molecule has 0 bridgehead atoms. The van der Waals surface area contributed by atoms with Crippen LogP contribution in [0, 0.1) is 0 Å². The van der Waals surface area contributed by atoms with Gasteiger partial charge >= 0.3 is 12.4 Å². The second-order valence-electron chi connectivity index (χ2n) is 9.46. The molecule has 1 fully saturated rings. The summed E-state index contributed by atoms with van der Waals surface area (Å²) in [5.74, 6) is -0.607. The number of hydrogen-bond acceptors (Lipinski definition) is 6. The maximum atomic E-state index is 13.7. The zero-order valence-electron chi connectivity index (χ0n) is 21.0. The molecule has 4 rings (SSSR count). The third-order valence-electron chi connectivity index (χ3n) is 6.52. The lowest BCUT2D eigenvalue weighted by Gasteiger charge is -2.30. The number of nitrogens with one attached hydrogen (secondary N) is 2. The number of hydrogen-bond donors (Lipinski definition) is 2. The maximum absolute atomic E-state index is 13.7. The summed E-state index contributed by atoms with van der Waals surface area (Å²) in [6.45, 7) is 3.65. The van der Waals surface area contributed by atoms with Gasteiger partial charge in [-0.05, 0) is 29.8 Å². The van der Waals surface area contributed by atoms with Gasteiger partial charge in [0.2, 0.25) is 15.9 Å². The predicted molar refractivity (Wildman–Crippen MR) is 130 cm³/mol. The number of carbonyl (C=O) groups is 1. The van der Waals surface area contributed by atoms with Gasteiger partial charge in [0, 0.05) is 31.6 Å². The van der Waals surface area contributed by atoms with Crippen LogP contribution in [0.5, 0.6) is 5.75 Å². The van der Waals surface area contributed by atoms with Gasteiger partial charge in [0.1, 0.15) is 11.8 Å². The molecule has 2 aliphatic heterocycles. The van der Waals surface area contributed by atoms with Gasteiger partial charge in [-0.1, -0.05) is 18.2 Å². The zero-order chi connectivity index (χ0) is 29.1. The van der Waals surface area contributed by atoms with E-state index >= 15 is 0 Å². The topological polar surface area (TPSA) is 97.0 Å². The molecule has 0 aromatic heterocycles. The van der Waals surface area contributed by atoms with Crippen LogP contribution in [-0.4, -0.2) is 64.4 Å². The van der Waals surface area contributed by atoms with Crippen molar-refractivity contribution in [2.24, 2.45) is 0 Å². The van der Waals surface area contributed by atoms with Gasteiger partial charge in [0.25, 0.3) is 0 Å². The molecule has 2 atom stereocenters. The Labute approximate surface area is 226 Å². The molecule has 40 heavy (non-hydrogen) atoms. The Morgan fingerprint density at radius 1 is 1.02 bits per heavy atom. The van der Waals surface area contributed by atoms with Crippen molar-refractivity contribution >= 4 is 15.9 Å². The molecule has 0 radical (unpaired) electrons. The van der Waals surface area contributed by atoms with E-state index in [0.29, 0.717) is 37.1 Å². The minimum atomic E-state index is -5.20. The zero-order valence-corrected chi connectivity index (χ0v) is 21.8. The van der Waals surface area contributed by atoms with E-state index in [1.807, 2.05) is 12.1 Å². The number of fused-ring (bicyclic) bond motifs is 1. The van der Waals surface area contributed by atoms with E-state index in [0.717, 1.165) is 30.8 Å². The van der Waals surface area contributed by atoms with E-state index < -0.39 is 57.2 Å². The number of halogens is 6. The monoisotopic (exact) mass is 595 g/mol. The molecule has 2 aromatic rings. The summed E-state index contributed by atoms with van der Waals surface area (Å²) in [5.41, 5.74) is 0.176. The standard InChI is InChI=1S/C25H27F6N3O5S/c26-24(27,28)17-2-1-3-18(13-17)40(36,37)33-22(25(29,30)31)14-23(35)32-20-6-9-39-21-12-16(4-5-19(20)21)15-34-7-10-38-11-8-34/h1-5,12-13,20,22,33H,6-11,14-15H2,(H,32,35)/t20-,22+/m1/s1. The fraction of sp³-hybridized carbons (Fsp3) is 0.480. The van der Waals surface area contributed by atoms with Crippen molar-refractivity contribution in [3.05, 3.63) is 59.2 Å². The van der Waals surface area contributed by atoms with E-state index in [-0.39, 0.29) is 19.1 Å². The number of amides is 1. The summed E-state index contributed by atoms with van der Waals surface area (Å²) in [5, 5.41) is 2.50. The Bertz CT molecular complexity index is 1310. The molecule has 0 unspecified atom stereocenters. The van der Waals surface area contributed by atoms with Gasteiger partial charge in [-0.15, -0.1) is 0 Å². The summed E-state index contributed by atoms with van der Waals surface area (Å²) in [6.07, 6.45) is -11.1. The minimum absolute atomic E-state index is 0.198. The first-order valence-corrected chi connectivity index (χ1v) is 13.8. The molecule has 1 amide bonds. The van der Waals surface area contributed by atoms with E-state index in [2.05, 4.69) is 10.2 Å². The van der Waals surface area contributed by atoms with E-state index in [4.69, 9.17) is 9.47 Å². The lowest BCUT2D eigenvalue weighted by Crippen LogP contribution is -2.48. The quantitative estimate of drug-likeness (QED) is 0.451. The van der Waals surface area contributed by atoms with Crippen LogP contribution in [0.1, 0.15) is 35.6 Å². The lowest BCUT2D eigenvalue weighted by molar-refractivity contribution is -0.158. The third kappa shape index (κ3) is 7.65. The fourth-order valence-corrected chi connectivity index (χ4v) is 5.72. The molecule has 220 valence electrons.